The number of halogens is 1. The number of carbonyl (C=O) groups is 1. The summed E-state index contributed by atoms with van der Waals surface area (Å²) in [5.41, 5.74) is 2.43. The first-order chi connectivity index (χ1) is 15.9. The minimum absolute atomic E-state index is 0.0792. The molecule has 0 radical (unpaired) electrons. The Morgan fingerprint density at radius 1 is 1.18 bits per heavy atom. The number of aromatic nitrogens is 3. The molecule has 2 aromatic heterocycles. The number of hydrogen-bond donors (Lipinski definition) is 5. The number of hydrogen-bond acceptors (Lipinski definition) is 8. The number of carbonyl (C=O) groups excluding carboxylic acids is 1. The van der Waals surface area contributed by atoms with Crippen molar-refractivity contribution in [3.63, 3.8) is 0 Å². The van der Waals surface area contributed by atoms with Gasteiger partial charge in [0.15, 0.2) is 5.13 Å². The number of aliphatic hydroxyl groups is 1. The first-order valence-electron chi connectivity index (χ1n) is 10.7. The summed E-state index contributed by atoms with van der Waals surface area (Å²) in [6.45, 7) is 6.69. The quantitative estimate of drug-likeness (QED) is 0.305. The maximum absolute atomic E-state index is 14.0. The van der Waals surface area contributed by atoms with E-state index in [0.29, 0.717) is 35.0 Å². The molecule has 0 unspecified atom stereocenters. The lowest BCUT2D eigenvalue weighted by Gasteiger charge is -2.13. The Kier molecular flexibility index (Phi) is 8.50. The summed E-state index contributed by atoms with van der Waals surface area (Å²) in [5.74, 6) is -0.0819. The minimum atomic E-state index is -0.411. The van der Waals surface area contributed by atoms with Crippen molar-refractivity contribution in [3.8, 4) is 21.8 Å². The number of nitrogens with zero attached hydrogens (tertiary/aromatic N) is 3. The van der Waals surface area contributed by atoms with Gasteiger partial charge in [-0.05, 0) is 50.6 Å². The lowest BCUT2D eigenvalue weighted by molar-refractivity contribution is 0.241. The topological polar surface area (TPSA) is 124 Å². The van der Waals surface area contributed by atoms with Gasteiger partial charge in [0.25, 0.3) is 0 Å². The van der Waals surface area contributed by atoms with Gasteiger partial charge in [0, 0.05) is 37.4 Å². The summed E-state index contributed by atoms with van der Waals surface area (Å²) in [7, 11) is 0. The second kappa shape index (κ2) is 11.5. The molecule has 0 spiro atoms. The maximum Gasteiger partial charge on any atom is 0.315 e. The maximum atomic E-state index is 14.0. The molecule has 0 saturated carbocycles. The Bertz CT molecular complexity index is 1090. The van der Waals surface area contributed by atoms with E-state index in [4.69, 9.17) is 0 Å². The monoisotopic (exact) mass is 473 g/mol. The van der Waals surface area contributed by atoms with Crippen LogP contribution in [-0.4, -0.2) is 51.8 Å². The summed E-state index contributed by atoms with van der Waals surface area (Å²) in [4.78, 5) is 26.2. The summed E-state index contributed by atoms with van der Waals surface area (Å²) in [6.07, 6.45) is 1.74. The molecule has 3 rings (SSSR count). The highest BCUT2D eigenvalue weighted by Crippen LogP contribution is 2.32. The molecule has 0 aliphatic carbocycles. The lowest BCUT2D eigenvalue weighted by atomic mass is 10.0. The van der Waals surface area contributed by atoms with Crippen LogP contribution in [0.4, 0.5) is 20.3 Å². The normalized spacial score (nSPS) is 10.8. The Hall–Kier alpha value is -3.31. The van der Waals surface area contributed by atoms with Gasteiger partial charge in [0.2, 0.25) is 5.95 Å². The molecule has 3 aromatic rings. The van der Waals surface area contributed by atoms with Crippen molar-refractivity contribution in [1.82, 2.24) is 25.6 Å². The fourth-order valence-corrected chi connectivity index (χ4v) is 3.94. The van der Waals surface area contributed by atoms with E-state index < -0.39 is 5.82 Å². The highest BCUT2D eigenvalue weighted by atomic mass is 32.1. The SMILES string of the molecule is CCNC(=O)NCc1cc(F)ccc1-c1cc(-c2cnc(NC(C)C)s2)nc(NCCO)n1. The van der Waals surface area contributed by atoms with Gasteiger partial charge in [-0.15, -0.1) is 0 Å². The van der Waals surface area contributed by atoms with E-state index in [2.05, 4.69) is 36.2 Å². The van der Waals surface area contributed by atoms with Crippen molar-refractivity contribution in [2.75, 3.05) is 30.3 Å². The van der Waals surface area contributed by atoms with Crippen molar-refractivity contribution < 1.29 is 14.3 Å². The van der Waals surface area contributed by atoms with Gasteiger partial charge in [0.1, 0.15) is 5.82 Å². The van der Waals surface area contributed by atoms with Crippen molar-refractivity contribution in [1.29, 1.82) is 0 Å². The minimum Gasteiger partial charge on any atom is -0.395 e. The van der Waals surface area contributed by atoms with Crippen LogP contribution in [0.25, 0.3) is 21.8 Å². The van der Waals surface area contributed by atoms with E-state index >= 15 is 0 Å². The Labute approximate surface area is 195 Å². The van der Waals surface area contributed by atoms with Crippen LogP contribution < -0.4 is 21.3 Å². The van der Waals surface area contributed by atoms with Crippen LogP contribution in [0.3, 0.4) is 0 Å². The fourth-order valence-electron chi connectivity index (χ4n) is 3.02. The third-order valence-electron chi connectivity index (χ3n) is 4.41. The number of thiazole rings is 1. The smallest absolute Gasteiger partial charge is 0.315 e. The van der Waals surface area contributed by atoms with Gasteiger partial charge in [0.05, 0.1) is 22.9 Å². The third kappa shape index (κ3) is 6.83. The van der Waals surface area contributed by atoms with Gasteiger partial charge in [-0.1, -0.05) is 11.3 Å². The van der Waals surface area contributed by atoms with Crippen LogP contribution >= 0.6 is 11.3 Å². The second-order valence-electron chi connectivity index (χ2n) is 7.46. The van der Waals surface area contributed by atoms with Crippen molar-refractivity contribution >= 4 is 28.4 Å². The lowest BCUT2D eigenvalue weighted by Crippen LogP contribution is -2.34. The van der Waals surface area contributed by atoms with Crippen molar-refractivity contribution in [2.45, 2.75) is 33.4 Å². The number of nitrogens with one attached hydrogen (secondary N) is 4. The molecule has 2 heterocycles. The first-order valence-corrected chi connectivity index (χ1v) is 11.5. The fraction of sp³-hybridized carbons (Fsp3) is 0.364. The Morgan fingerprint density at radius 2 is 1.97 bits per heavy atom. The van der Waals surface area contributed by atoms with Crippen LogP contribution in [-0.2, 0) is 6.54 Å². The molecule has 0 atom stereocenters. The molecule has 9 nitrogen and oxygen atoms in total. The molecule has 33 heavy (non-hydrogen) atoms. The molecule has 0 bridgehead atoms. The molecular formula is C22H28FN7O2S. The summed E-state index contributed by atoms with van der Waals surface area (Å²) in [5, 5.41) is 21.6. The summed E-state index contributed by atoms with van der Waals surface area (Å²) >= 11 is 1.46. The van der Waals surface area contributed by atoms with E-state index in [0.717, 1.165) is 10.0 Å². The highest BCUT2D eigenvalue weighted by Gasteiger charge is 2.15. The van der Waals surface area contributed by atoms with Gasteiger partial charge in [-0.25, -0.2) is 24.1 Å². The van der Waals surface area contributed by atoms with Gasteiger partial charge in [-0.2, -0.15) is 0 Å². The van der Waals surface area contributed by atoms with Crippen LogP contribution in [0.15, 0.2) is 30.5 Å². The predicted molar refractivity (Wildman–Crippen MR) is 129 cm³/mol. The predicted octanol–water partition coefficient (Wildman–Crippen LogP) is 3.45. The van der Waals surface area contributed by atoms with Crippen molar-refractivity contribution in [3.05, 3.63) is 41.8 Å². The van der Waals surface area contributed by atoms with Crippen molar-refractivity contribution in [2.24, 2.45) is 0 Å². The zero-order valence-electron chi connectivity index (χ0n) is 18.8. The first kappa shape index (κ1) is 24.3. The standard InChI is InChI=1S/C22H28FN7O2S/c1-4-24-21(32)26-11-14-9-15(23)5-6-16(14)17-10-18(30-20(29-17)25-7-8-31)19-12-27-22(33-19)28-13(2)3/h5-6,9-10,12-13,31H,4,7-8,11H2,1-3H3,(H,27,28)(H2,24,26,32)(H,25,29,30). The highest BCUT2D eigenvalue weighted by molar-refractivity contribution is 7.18. The molecule has 0 saturated heterocycles. The average Bonchev–Trinajstić information content (AvgIpc) is 3.24. The number of amides is 2. The molecule has 0 aliphatic heterocycles. The molecule has 11 heteroatoms. The Balaban J connectivity index is 2.00. The molecular weight excluding hydrogens is 445 g/mol. The zero-order chi connectivity index (χ0) is 23.8. The van der Waals surface area contributed by atoms with E-state index in [9.17, 15) is 14.3 Å². The number of urea groups is 1. The Morgan fingerprint density at radius 3 is 2.70 bits per heavy atom. The average molecular weight is 474 g/mol. The number of aliphatic hydroxyl groups excluding tert-OH is 1. The van der Waals surface area contributed by atoms with E-state index in [-0.39, 0.29) is 31.8 Å². The van der Waals surface area contributed by atoms with Crippen LogP contribution in [0.2, 0.25) is 0 Å². The largest absolute Gasteiger partial charge is 0.395 e. The second-order valence-corrected chi connectivity index (χ2v) is 8.49. The molecule has 2 amide bonds. The summed E-state index contributed by atoms with van der Waals surface area (Å²) in [6, 6.07) is 6.07. The molecule has 0 aliphatic rings. The molecule has 1 aromatic carbocycles. The van der Waals surface area contributed by atoms with E-state index in [1.54, 1.807) is 18.3 Å². The van der Waals surface area contributed by atoms with Crippen LogP contribution in [0, 0.1) is 5.82 Å². The number of anilines is 2. The number of benzene rings is 1. The van der Waals surface area contributed by atoms with Crippen LogP contribution in [0.1, 0.15) is 26.3 Å². The zero-order valence-corrected chi connectivity index (χ0v) is 19.6. The van der Waals surface area contributed by atoms with Gasteiger partial charge < -0.3 is 26.4 Å². The molecule has 0 fully saturated rings. The van der Waals surface area contributed by atoms with Gasteiger partial charge in [-0.3, -0.25) is 0 Å². The van der Waals surface area contributed by atoms with E-state index in [1.165, 1.54) is 23.5 Å². The number of rotatable bonds is 10. The van der Waals surface area contributed by atoms with E-state index in [1.807, 2.05) is 20.8 Å². The molecule has 176 valence electrons. The third-order valence-corrected chi connectivity index (χ3v) is 5.36. The summed E-state index contributed by atoms with van der Waals surface area (Å²) < 4.78 is 14.0. The van der Waals surface area contributed by atoms with Gasteiger partial charge >= 0.3 is 6.03 Å². The molecule has 5 N–H and O–H groups in total. The van der Waals surface area contributed by atoms with Crippen LogP contribution in [0.5, 0.6) is 0 Å².